The van der Waals surface area contributed by atoms with Crippen molar-refractivity contribution >= 4 is 17.3 Å². The third kappa shape index (κ3) is 4.50. The van der Waals surface area contributed by atoms with Crippen LogP contribution in [0.15, 0.2) is 42.7 Å². The fourth-order valence-electron chi connectivity index (χ4n) is 3.15. The van der Waals surface area contributed by atoms with Crippen molar-refractivity contribution in [2.75, 3.05) is 29.9 Å². The summed E-state index contributed by atoms with van der Waals surface area (Å²) < 4.78 is 5.41. The van der Waals surface area contributed by atoms with E-state index in [1.807, 2.05) is 43.5 Å². The van der Waals surface area contributed by atoms with Gasteiger partial charge in [0.2, 0.25) is 0 Å². The van der Waals surface area contributed by atoms with Gasteiger partial charge in [0.05, 0.1) is 24.1 Å². The molecule has 0 radical (unpaired) electrons. The minimum Gasteiger partial charge on any atom is -0.494 e. The maximum absolute atomic E-state index is 12.5. The van der Waals surface area contributed by atoms with Crippen LogP contribution in [0.4, 0.5) is 11.4 Å². The van der Waals surface area contributed by atoms with Crippen LogP contribution in [-0.2, 0) is 0 Å². The van der Waals surface area contributed by atoms with E-state index < -0.39 is 0 Å². The fraction of sp³-hybridized carbons (Fsp3) is 0.400. The second-order valence-corrected chi connectivity index (χ2v) is 6.54. The van der Waals surface area contributed by atoms with Gasteiger partial charge in [0.1, 0.15) is 5.75 Å². The fourth-order valence-corrected chi connectivity index (χ4v) is 3.15. The maximum Gasteiger partial charge on any atom is 0.257 e. The van der Waals surface area contributed by atoms with Crippen LogP contribution in [0.1, 0.15) is 37.0 Å². The molecule has 1 aromatic carbocycles. The topological polar surface area (TPSA) is 54.5 Å². The summed E-state index contributed by atoms with van der Waals surface area (Å²) in [6.45, 7) is 6.88. The first kappa shape index (κ1) is 17.3. The Morgan fingerprint density at radius 1 is 1.32 bits per heavy atom. The Bertz CT molecular complexity index is 715. The van der Waals surface area contributed by atoms with Gasteiger partial charge in [-0.3, -0.25) is 9.78 Å². The van der Waals surface area contributed by atoms with Gasteiger partial charge in [-0.1, -0.05) is 6.92 Å². The Labute approximate surface area is 149 Å². The average molecular weight is 339 g/mol. The zero-order valence-electron chi connectivity index (χ0n) is 14.9. The number of carbonyl (C=O) groups is 1. The lowest BCUT2D eigenvalue weighted by Gasteiger charge is -2.32. The van der Waals surface area contributed by atoms with Crippen molar-refractivity contribution in [2.45, 2.75) is 26.7 Å². The number of rotatable bonds is 5. The highest BCUT2D eigenvalue weighted by Crippen LogP contribution is 2.23. The summed E-state index contributed by atoms with van der Waals surface area (Å²) in [5, 5.41) is 2.91. The lowest BCUT2D eigenvalue weighted by Crippen LogP contribution is -2.34. The van der Waals surface area contributed by atoms with Crippen molar-refractivity contribution in [3.05, 3.63) is 48.3 Å². The Morgan fingerprint density at radius 3 is 2.84 bits per heavy atom. The van der Waals surface area contributed by atoms with Gasteiger partial charge in [-0.05, 0) is 56.0 Å². The van der Waals surface area contributed by atoms with E-state index in [4.69, 9.17) is 4.74 Å². The molecule has 2 heterocycles. The molecular weight excluding hydrogens is 314 g/mol. The summed E-state index contributed by atoms with van der Waals surface area (Å²) in [4.78, 5) is 19.1. The van der Waals surface area contributed by atoms with Gasteiger partial charge in [0, 0.05) is 25.0 Å². The molecule has 1 aromatic heterocycles. The highest BCUT2D eigenvalue weighted by Gasteiger charge is 2.18. The molecule has 3 rings (SSSR count). The first-order valence-corrected chi connectivity index (χ1v) is 8.90. The van der Waals surface area contributed by atoms with E-state index in [1.54, 1.807) is 6.20 Å². The molecular formula is C20H25N3O2. The highest BCUT2D eigenvalue weighted by molar-refractivity contribution is 6.04. The van der Waals surface area contributed by atoms with Crippen LogP contribution in [0.3, 0.4) is 0 Å². The highest BCUT2D eigenvalue weighted by atomic mass is 16.5. The number of piperidine rings is 1. The van der Waals surface area contributed by atoms with E-state index in [9.17, 15) is 4.79 Å². The van der Waals surface area contributed by atoms with Crippen LogP contribution in [0.2, 0.25) is 0 Å². The first-order chi connectivity index (χ1) is 12.2. The van der Waals surface area contributed by atoms with E-state index >= 15 is 0 Å². The van der Waals surface area contributed by atoms with E-state index in [0.29, 0.717) is 18.1 Å². The summed E-state index contributed by atoms with van der Waals surface area (Å²) in [5.41, 5.74) is 2.33. The van der Waals surface area contributed by atoms with E-state index in [2.05, 4.69) is 22.1 Å². The van der Waals surface area contributed by atoms with E-state index in [0.717, 1.165) is 30.2 Å². The third-order valence-electron chi connectivity index (χ3n) is 4.43. The Hall–Kier alpha value is -2.56. The largest absolute Gasteiger partial charge is 0.494 e. The Balaban J connectivity index is 1.68. The predicted molar refractivity (Wildman–Crippen MR) is 100 cm³/mol. The van der Waals surface area contributed by atoms with Gasteiger partial charge in [-0.2, -0.15) is 0 Å². The third-order valence-corrected chi connectivity index (χ3v) is 4.43. The summed E-state index contributed by atoms with van der Waals surface area (Å²) in [5.74, 6) is 1.32. The SMILES string of the molecule is CCOc1ccc(NC(=O)c2cncc(N3CCCC(C)C3)c2)cc1. The molecule has 1 amide bonds. The van der Waals surface area contributed by atoms with Crippen molar-refractivity contribution in [1.29, 1.82) is 0 Å². The minimum atomic E-state index is -0.149. The first-order valence-electron chi connectivity index (χ1n) is 8.90. The second kappa shape index (κ2) is 8.01. The number of benzene rings is 1. The van der Waals surface area contributed by atoms with Crippen molar-refractivity contribution in [3.63, 3.8) is 0 Å². The van der Waals surface area contributed by atoms with E-state index in [-0.39, 0.29) is 5.91 Å². The molecule has 1 unspecified atom stereocenters. The van der Waals surface area contributed by atoms with Crippen molar-refractivity contribution < 1.29 is 9.53 Å². The van der Waals surface area contributed by atoms with Gasteiger partial charge in [0.25, 0.3) is 5.91 Å². The average Bonchev–Trinajstić information content (AvgIpc) is 2.64. The van der Waals surface area contributed by atoms with Crippen LogP contribution in [0.5, 0.6) is 5.75 Å². The summed E-state index contributed by atoms with van der Waals surface area (Å²) in [6.07, 6.45) is 5.90. The van der Waals surface area contributed by atoms with Crippen LogP contribution in [-0.4, -0.2) is 30.6 Å². The molecule has 0 spiro atoms. The van der Waals surface area contributed by atoms with Gasteiger partial charge in [0.15, 0.2) is 0 Å². The van der Waals surface area contributed by atoms with E-state index in [1.165, 1.54) is 12.8 Å². The number of pyridine rings is 1. The zero-order chi connectivity index (χ0) is 17.6. The molecule has 1 saturated heterocycles. The smallest absolute Gasteiger partial charge is 0.257 e. The normalized spacial score (nSPS) is 17.2. The number of carbonyl (C=O) groups excluding carboxylic acids is 1. The monoisotopic (exact) mass is 339 g/mol. The molecule has 0 aliphatic carbocycles. The molecule has 2 aromatic rings. The molecule has 1 fully saturated rings. The number of anilines is 2. The molecule has 1 atom stereocenters. The zero-order valence-corrected chi connectivity index (χ0v) is 14.9. The maximum atomic E-state index is 12.5. The van der Waals surface area contributed by atoms with Crippen LogP contribution in [0.25, 0.3) is 0 Å². The molecule has 5 nitrogen and oxygen atoms in total. The quantitative estimate of drug-likeness (QED) is 0.895. The van der Waals surface area contributed by atoms with Gasteiger partial charge >= 0.3 is 0 Å². The van der Waals surface area contributed by atoms with Gasteiger partial charge < -0.3 is 15.0 Å². The van der Waals surface area contributed by atoms with Crippen LogP contribution < -0.4 is 15.0 Å². The van der Waals surface area contributed by atoms with Crippen molar-refractivity contribution in [3.8, 4) is 5.75 Å². The molecule has 1 aliphatic rings. The lowest BCUT2D eigenvalue weighted by molar-refractivity contribution is 0.102. The lowest BCUT2D eigenvalue weighted by atomic mass is 10.00. The molecule has 1 N–H and O–H groups in total. The standard InChI is InChI=1S/C20H25N3O2/c1-3-25-19-8-6-17(7-9-19)22-20(24)16-11-18(13-21-12-16)23-10-4-5-15(2)14-23/h6-9,11-13,15H,3-5,10,14H2,1-2H3,(H,22,24). The Morgan fingerprint density at radius 2 is 2.12 bits per heavy atom. The summed E-state index contributed by atoms with van der Waals surface area (Å²) in [6, 6.07) is 9.31. The number of aromatic nitrogens is 1. The van der Waals surface area contributed by atoms with Gasteiger partial charge in [-0.15, -0.1) is 0 Å². The van der Waals surface area contributed by atoms with Crippen molar-refractivity contribution in [2.24, 2.45) is 5.92 Å². The molecule has 0 bridgehead atoms. The number of hydrogen-bond donors (Lipinski definition) is 1. The molecule has 0 saturated carbocycles. The number of nitrogens with zero attached hydrogens (tertiary/aromatic N) is 2. The molecule has 25 heavy (non-hydrogen) atoms. The Kier molecular flexibility index (Phi) is 5.53. The second-order valence-electron chi connectivity index (χ2n) is 6.54. The number of ether oxygens (including phenoxy) is 1. The molecule has 1 aliphatic heterocycles. The predicted octanol–water partition coefficient (Wildman–Crippen LogP) is 3.97. The number of hydrogen-bond acceptors (Lipinski definition) is 4. The summed E-state index contributed by atoms with van der Waals surface area (Å²) in [7, 11) is 0. The number of amides is 1. The van der Waals surface area contributed by atoms with Gasteiger partial charge in [-0.25, -0.2) is 0 Å². The minimum absolute atomic E-state index is 0.149. The summed E-state index contributed by atoms with van der Waals surface area (Å²) >= 11 is 0. The van der Waals surface area contributed by atoms with Crippen LogP contribution >= 0.6 is 0 Å². The molecule has 132 valence electrons. The van der Waals surface area contributed by atoms with Crippen LogP contribution in [0, 0.1) is 5.92 Å². The molecule has 5 heteroatoms. The number of nitrogens with one attached hydrogen (secondary N) is 1. The van der Waals surface area contributed by atoms with Crippen molar-refractivity contribution in [1.82, 2.24) is 4.98 Å².